The van der Waals surface area contributed by atoms with Crippen molar-refractivity contribution < 1.29 is 22.7 Å². The highest BCUT2D eigenvalue weighted by Crippen LogP contribution is 2.33. The number of nitrogens with one attached hydrogen (secondary N) is 1. The summed E-state index contributed by atoms with van der Waals surface area (Å²) in [5.74, 6) is 0.113. The number of hydrogen-bond donors (Lipinski definition) is 1. The van der Waals surface area contributed by atoms with Gasteiger partial charge in [-0.1, -0.05) is 6.07 Å². The molecule has 1 unspecified atom stereocenters. The maximum Gasteiger partial charge on any atom is 0.389 e. The number of fused-ring (bicyclic) bond motifs is 1. The van der Waals surface area contributed by atoms with E-state index in [0.29, 0.717) is 30.0 Å². The zero-order chi connectivity index (χ0) is 14.8. The molecule has 1 atom stereocenters. The van der Waals surface area contributed by atoms with Crippen molar-refractivity contribution in [3.8, 4) is 5.75 Å². The Morgan fingerprint density at radius 3 is 2.85 bits per heavy atom. The van der Waals surface area contributed by atoms with E-state index >= 15 is 0 Å². The molecule has 1 aromatic rings. The fraction of sp³-hybridized carbons (Fsp3) is 0.462. The smallest absolute Gasteiger partial charge is 0.389 e. The average Bonchev–Trinajstić information content (AvgIpc) is 2.57. The largest absolute Gasteiger partial charge is 0.491 e. The molecule has 0 aromatic heterocycles. The second-order valence-corrected chi connectivity index (χ2v) is 5.01. The van der Waals surface area contributed by atoms with Gasteiger partial charge in [0.25, 0.3) is 5.91 Å². The van der Waals surface area contributed by atoms with E-state index in [4.69, 9.17) is 16.3 Å². The number of benzene rings is 1. The van der Waals surface area contributed by atoms with E-state index in [2.05, 4.69) is 5.32 Å². The SMILES string of the molecule is O=C1NCCOc2ccc(C(Cl)CCC(F)(F)F)cc21. The second-order valence-electron chi connectivity index (χ2n) is 4.48. The van der Waals surface area contributed by atoms with E-state index in [-0.39, 0.29) is 12.3 Å². The van der Waals surface area contributed by atoms with Crippen LogP contribution in [0.3, 0.4) is 0 Å². The zero-order valence-electron chi connectivity index (χ0n) is 10.5. The number of amides is 1. The number of carbonyl (C=O) groups is 1. The molecule has 0 saturated heterocycles. The van der Waals surface area contributed by atoms with Crippen molar-refractivity contribution in [2.75, 3.05) is 13.2 Å². The highest BCUT2D eigenvalue weighted by atomic mass is 35.5. The first-order valence-electron chi connectivity index (χ1n) is 6.12. The summed E-state index contributed by atoms with van der Waals surface area (Å²) in [5, 5.41) is 1.84. The summed E-state index contributed by atoms with van der Waals surface area (Å²) < 4.78 is 41.9. The van der Waals surface area contributed by atoms with Crippen LogP contribution >= 0.6 is 11.6 Å². The molecule has 2 rings (SSSR count). The van der Waals surface area contributed by atoms with Gasteiger partial charge in [-0.15, -0.1) is 11.6 Å². The van der Waals surface area contributed by atoms with Gasteiger partial charge >= 0.3 is 6.18 Å². The normalized spacial score (nSPS) is 16.7. The van der Waals surface area contributed by atoms with E-state index in [0.717, 1.165) is 0 Å². The standard InChI is InChI=1S/C13H13ClF3NO2/c14-10(3-4-13(15,16)17)8-1-2-11-9(7-8)12(19)18-5-6-20-11/h1-2,7,10H,3-6H2,(H,18,19). The van der Waals surface area contributed by atoms with Gasteiger partial charge < -0.3 is 10.1 Å². The molecule has 3 nitrogen and oxygen atoms in total. The number of rotatable bonds is 3. The van der Waals surface area contributed by atoms with Gasteiger partial charge in [0.2, 0.25) is 0 Å². The first-order chi connectivity index (χ1) is 9.37. The zero-order valence-corrected chi connectivity index (χ0v) is 11.2. The molecule has 1 aliphatic rings. The summed E-state index contributed by atoms with van der Waals surface area (Å²) in [6.07, 6.45) is -5.42. The van der Waals surface area contributed by atoms with Gasteiger partial charge in [-0.3, -0.25) is 4.79 Å². The molecule has 1 N–H and O–H groups in total. The summed E-state index contributed by atoms with van der Waals surface area (Å²) in [6.45, 7) is 0.748. The Labute approximate surface area is 119 Å². The topological polar surface area (TPSA) is 38.3 Å². The molecule has 7 heteroatoms. The summed E-state index contributed by atoms with van der Waals surface area (Å²) in [7, 11) is 0. The van der Waals surface area contributed by atoms with Crippen molar-refractivity contribution in [1.82, 2.24) is 5.32 Å². The third-order valence-electron chi connectivity index (χ3n) is 2.94. The van der Waals surface area contributed by atoms with Crippen molar-refractivity contribution in [3.63, 3.8) is 0 Å². The highest BCUT2D eigenvalue weighted by molar-refractivity contribution is 6.20. The molecular weight excluding hydrogens is 295 g/mol. The molecule has 1 heterocycles. The van der Waals surface area contributed by atoms with Crippen LogP contribution in [0.5, 0.6) is 5.75 Å². The summed E-state index contributed by atoms with van der Waals surface area (Å²) in [5.41, 5.74) is 0.785. The third-order valence-corrected chi connectivity index (χ3v) is 3.41. The first-order valence-corrected chi connectivity index (χ1v) is 6.56. The Balaban J connectivity index is 2.15. The summed E-state index contributed by atoms with van der Waals surface area (Å²) >= 11 is 5.97. The first kappa shape index (κ1) is 15.0. The van der Waals surface area contributed by atoms with Crippen LogP contribution in [0.25, 0.3) is 0 Å². The average molecular weight is 308 g/mol. The van der Waals surface area contributed by atoms with Crippen molar-refractivity contribution in [1.29, 1.82) is 0 Å². The molecule has 1 amide bonds. The molecule has 1 aromatic carbocycles. The summed E-state index contributed by atoms with van der Waals surface area (Å²) in [4.78, 5) is 11.8. The molecule has 0 spiro atoms. The van der Waals surface area contributed by atoms with E-state index in [1.54, 1.807) is 12.1 Å². The predicted octanol–water partition coefficient (Wildman–Crippen LogP) is 3.43. The Hall–Kier alpha value is -1.43. The molecule has 0 saturated carbocycles. The Bertz CT molecular complexity index is 505. The highest BCUT2D eigenvalue weighted by Gasteiger charge is 2.28. The number of carbonyl (C=O) groups excluding carboxylic acids is 1. The van der Waals surface area contributed by atoms with E-state index < -0.39 is 18.0 Å². The lowest BCUT2D eigenvalue weighted by Gasteiger charge is -2.13. The quantitative estimate of drug-likeness (QED) is 0.869. The fourth-order valence-electron chi connectivity index (χ4n) is 1.92. The third kappa shape index (κ3) is 3.79. The molecule has 110 valence electrons. The van der Waals surface area contributed by atoms with Crippen LogP contribution in [0, 0.1) is 0 Å². The lowest BCUT2D eigenvalue weighted by atomic mass is 10.0. The number of alkyl halides is 4. The van der Waals surface area contributed by atoms with Crippen LogP contribution in [0.4, 0.5) is 13.2 Å². The van der Waals surface area contributed by atoms with Gasteiger partial charge in [-0.25, -0.2) is 0 Å². The number of hydrogen-bond acceptors (Lipinski definition) is 2. The second kappa shape index (κ2) is 5.91. The monoisotopic (exact) mass is 307 g/mol. The Morgan fingerprint density at radius 1 is 1.40 bits per heavy atom. The van der Waals surface area contributed by atoms with E-state index in [1.807, 2.05) is 0 Å². The molecule has 1 aliphatic heterocycles. The van der Waals surface area contributed by atoms with Crippen molar-refractivity contribution >= 4 is 17.5 Å². The molecule has 0 aliphatic carbocycles. The lowest BCUT2D eigenvalue weighted by molar-refractivity contribution is -0.135. The maximum absolute atomic E-state index is 12.2. The van der Waals surface area contributed by atoms with Gasteiger partial charge in [-0.05, 0) is 24.1 Å². The lowest BCUT2D eigenvalue weighted by Crippen LogP contribution is -2.24. The van der Waals surface area contributed by atoms with Gasteiger partial charge in [0.15, 0.2) is 0 Å². The minimum atomic E-state index is -4.24. The maximum atomic E-state index is 12.2. The van der Waals surface area contributed by atoms with Gasteiger partial charge in [0, 0.05) is 6.42 Å². The molecule has 0 bridgehead atoms. The van der Waals surface area contributed by atoms with Crippen LogP contribution in [-0.2, 0) is 0 Å². The van der Waals surface area contributed by atoms with Crippen molar-refractivity contribution in [2.45, 2.75) is 24.4 Å². The van der Waals surface area contributed by atoms with Crippen LogP contribution in [0.2, 0.25) is 0 Å². The minimum Gasteiger partial charge on any atom is -0.491 e. The Kier molecular flexibility index (Phi) is 4.42. The van der Waals surface area contributed by atoms with Crippen LogP contribution in [0.1, 0.15) is 34.1 Å². The van der Waals surface area contributed by atoms with Gasteiger partial charge in [0.05, 0.1) is 17.5 Å². The van der Waals surface area contributed by atoms with Crippen molar-refractivity contribution in [2.24, 2.45) is 0 Å². The van der Waals surface area contributed by atoms with Crippen LogP contribution < -0.4 is 10.1 Å². The van der Waals surface area contributed by atoms with Crippen molar-refractivity contribution in [3.05, 3.63) is 29.3 Å². The molecule has 20 heavy (non-hydrogen) atoms. The summed E-state index contributed by atoms with van der Waals surface area (Å²) in [6, 6.07) is 4.65. The number of halogens is 4. The predicted molar refractivity (Wildman–Crippen MR) is 68.2 cm³/mol. The van der Waals surface area contributed by atoms with E-state index in [9.17, 15) is 18.0 Å². The van der Waals surface area contributed by atoms with Crippen LogP contribution in [0.15, 0.2) is 18.2 Å². The molecule has 0 fully saturated rings. The minimum absolute atomic E-state index is 0.230. The van der Waals surface area contributed by atoms with E-state index in [1.165, 1.54) is 6.07 Å². The molecule has 0 radical (unpaired) electrons. The van der Waals surface area contributed by atoms with Gasteiger partial charge in [-0.2, -0.15) is 13.2 Å². The molecular formula is C13H13ClF3NO2. The number of ether oxygens (including phenoxy) is 1. The fourth-order valence-corrected chi connectivity index (χ4v) is 2.17. The van der Waals surface area contributed by atoms with Gasteiger partial charge in [0.1, 0.15) is 12.4 Å². The van der Waals surface area contributed by atoms with Crippen LogP contribution in [-0.4, -0.2) is 25.2 Å². The Morgan fingerprint density at radius 2 is 2.15 bits per heavy atom.